The van der Waals surface area contributed by atoms with Gasteiger partial charge in [-0.1, -0.05) is 0 Å². The summed E-state index contributed by atoms with van der Waals surface area (Å²) in [6.07, 6.45) is 3.20. The third kappa shape index (κ3) is 3.77. The van der Waals surface area contributed by atoms with Crippen molar-refractivity contribution in [3.8, 4) is 11.5 Å². The van der Waals surface area contributed by atoms with Gasteiger partial charge in [-0.3, -0.25) is 14.6 Å². The van der Waals surface area contributed by atoms with Crippen molar-refractivity contribution in [3.05, 3.63) is 53.9 Å². The maximum absolute atomic E-state index is 12.8. The van der Waals surface area contributed by atoms with Crippen molar-refractivity contribution >= 4 is 11.8 Å². The molecule has 7 heteroatoms. The Morgan fingerprint density at radius 2 is 1.27 bits per heavy atom. The van der Waals surface area contributed by atoms with Crippen LogP contribution in [-0.2, 0) is 0 Å². The number of pyridine rings is 1. The van der Waals surface area contributed by atoms with Crippen molar-refractivity contribution in [2.24, 2.45) is 0 Å². The number of benzene rings is 1. The number of hydrogen-bond donors (Lipinski definition) is 0. The molecule has 1 saturated heterocycles. The van der Waals surface area contributed by atoms with E-state index in [-0.39, 0.29) is 11.8 Å². The molecule has 26 heavy (non-hydrogen) atoms. The van der Waals surface area contributed by atoms with Crippen molar-refractivity contribution in [2.75, 3.05) is 40.4 Å². The normalized spacial score (nSPS) is 14.1. The smallest absolute Gasteiger partial charge is 0.254 e. The lowest BCUT2D eigenvalue weighted by Crippen LogP contribution is -2.50. The zero-order valence-corrected chi connectivity index (χ0v) is 14.8. The highest BCUT2D eigenvalue weighted by molar-refractivity contribution is 5.96. The van der Waals surface area contributed by atoms with Crippen LogP contribution in [0.5, 0.6) is 11.5 Å². The Kier molecular flexibility index (Phi) is 5.36. The fraction of sp³-hybridized carbons (Fsp3) is 0.316. The molecule has 0 aliphatic carbocycles. The second-order valence-corrected chi connectivity index (χ2v) is 5.92. The molecule has 1 fully saturated rings. The van der Waals surface area contributed by atoms with Crippen LogP contribution in [-0.4, -0.2) is 67.0 Å². The van der Waals surface area contributed by atoms with E-state index >= 15 is 0 Å². The van der Waals surface area contributed by atoms with E-state index in [0.29, 0.717) is 48.8 Å². The van der Waals surface area contributed by atoms with E-state index in [0.717, 1.165) is 0 Å². The molecule has 0 unspecified atom stereocenters. The summed E-state index contributed by atoms with van der Waals surface area (Å²) in [5.74, 6) is 0.999. The first-order valence-electron chi connectivity index (χ1n) is 8.34. The summed E-state index contributed by atoms with van der Waals surface area (Å²) in [5.41, 5.74) is 1.12. The van der Waals surface area contributed by atoms with Crippen LogP contribution >= 0.6 is 0 Å². The van der Waals surface area contributed by atoms with Crippen molar-refractivity contribution in [2.45, 2.75) is 0 Å². The predicted octanol–water partition coefficient (Wildman–Crippen LogP) is 1.70. The van der Waals surface area contributed by atoms with Gasteiger partial charge in [0, 0.05) is 55.8 Å². The third-order valence-electron chi connectivity index (χ3n) is 4.38. The molecular weight excluding hydrogens is 334 g/mol. The first kappa shape index (κ1) is 17.7. The lowest BCUT2D eigenvalue weighted by atomic mass is 10.1. The van der Waals surface area contributed by atoms with Gasteiger partial charge in [-0.2, -0.15) is 0 Å². The molecule has 0 radical (unpaired) electrons. The first-order chi connectivity index (χ1) is 12.6. The molecule has 1 aromatic carbocycles. The molecule has 0 bridgehead atoms. The van der Waals surface area contributed by atoms with E-state index in [1.807, 2.05) is 0 Å². The second kappa shape index (κ2) is 7.86. The summed E-state index contributed by atoms with van der Waals surface area (Å²) >= 11 is 0. The van der Waals surface area contributed by atoms with Crippen LogP contribution in [0.4, 0.5) is 0 Å². The zero-order valence-electron chi connectivity index (χ0n) is 14.8. The van der Waals surface area contributed by atoms with Gasteiger partial charge in [0.2, 0.25) is 0 Å². The van der Waals surface area contributed by atoms with Crippen molar-refractivity contribution in [3.63, 3.8) is 0 Å². The van der Waals surface area contributed by atoms with Crippen molar-refractivity contribution in [1.82, 2.24) is 14.8 Å². The Bertz CT molecular complexity index is 764. The van der Waals surface area contributed by atoms with Gasteiger partial charge in [0.05, 0.1) is 14.2 Å². The topological polar surface area (TPSA) is 72.0 Å². The number of hydrogen-bond acceptors (Lipinski definition) is 5. The molecule has 1 aromatic heterocycles. The molecule has 2 heterocycles. The van der Waals surface area contributed by atoms with Gasteiger partial charge in [-0.05, 0) is 24.3 Å². The van der Waals surface area contributed by atoms with Crippen molar-refractivity contribution in [1.29, 1.82) is 0 Å². The molecule has 0 saturated carbocycles. The van der Waals surface area contributed by atoms with E-state index in [2.05, 4.69) is 4.98 Å². The number of nitrogens with zero attached hydrogens (tertiary/aromatic N) is 3. The molecule has 1 aliphatic heterocycles. The highest BCUT2D eigenvalue weighted by Gasteiger charge is 2.26. The minimum atomic E-state index is -0.0989. The summed E-state index contributed by atoms with van der Waals surface area (Å²) in [5, 5.41) is 0. The van der Waals surface area contributed by atoms with E-state index < -0.39 is 0 Å². The van der Waals surface area contributed by atoms with Crippen molar-refractivity contribution < 1.29 is 19.1 Å². The van der Waals surface area contributed by atoms with E-state index in [4.69, 9.17) is 9.47 Å². The number of ether oxygens (including phenoxy) is 2. The minimum absolute atomic E-state index is 0.0393. The summed E-state index contributed by atoms with van der Waals surface area (Å²) in [4.78, 5) is 32.7. The lowest BCUT2D eigenvalue weighted by Gasteiger charge is -2.35. The van der Waals surface area contributed by atoms with E-state index in [9.17, 15) is 9.59 Å². The first-order valence-corrected chi connectivity index (χ1v) is 8.34. The number of methoxy groups -OCH3 is 2. The highest BCUT2D eigenvalue weighted by Crippen LogP contribution is 2.24. The Balaban J connectivity index is 1.66. The molecule has 3 rings (SSSR count). The van der Waals surface area contributed by atoms with Gasteiger partial charge in [-0.25, -0.2) is 0 Å². The molecule has 2 aromatic rings. The monoisotopic (exact) mass is 355 g/mol. The molecule has 2 amide bonds. The Hall–Kier alpha value is -3.09. The number of rotatable bonds is 4. The lowest BCUT2D eigenvalue weighted by molar-refractivity contribution is 0.0535. The van der Waals surface area contributed by atoms with Crippen LogP contribution in [0.3, 0.4) is 0 Å². The number of amides is 2. The molecule has 0 atom stereocenters. The minimum Gasteiger partial charge on any atom is -0.497 e. The summed E-state index contributed by atoms with van der Waals surface area (Å²) in [7, 11) is 3.10. The molecular formula is C19H21N3O4. The van der Waals surface area contributed by atoms with Gasteiger partial charge in [0.1, 0.15) is 11.5 Å². The maximum Gasteiger partial charge on any atom is 0.254 e. The van der Waals surface area contributed by atoms with E-state index in [1.54, 1.807) is 66.7 Å². The fourth-order valence-electron chi connectivity index (χ4n) is 2.90. The van der Waals surface area contributed by atoms with Crippen LogP contribution in [0.25, 0.3) is 0 Å². The van der Waals surface area contributed by atoms with Crippen LogP contribution in [0.2, 0.25) is 0 Å². The Labute approximate surface area is 152 Å². The molecule has 1 aliphatic rings. The van der Waals surface area contributed by atoms with Gasteiger partial charge in [0.15, 0.2) is 0 Å². The summed E-state index contributed by atoms with van der Waals surface area (Å²) in [6.45, 7) is 1.95. The second-order valence-electron chi connectivity index (χ2n) is 5.92. The third-order valence-corrected chi connectivity index (χ3v) is 4.38. The maximum atomic E-state index is 12.8. The van der Waals surface area contributed by atoms with Gasteiger partial charge in [0.25, 0.3) is 11.8 Å². The molecule has 136 valence electrons. The summed E-state index contributed by atoms with van der Waals surface area (Å²) < 4.78 is 10.4. The molecule has 0 N–H and O–H groups in total. The van der Waals surface area contributed by atoms with Crippen LogP contribution in [0.1, 0.15) is 20.7 Å². The Morgan fingerprint density at radius 1 is 0.808 bits per heavy atom. The highest BCUT2D eigenvalue weighted by atomic mass is 16.5. The Morgan fingerprint density at radius 3 is 1.73 bits per heavy atom. The zero-order chi connectivity index (χ0) is 18.5. The number of carbonyl (C=O) groups excluding carboxylic acids is 2. The van der Waals surface area contributed by atoms with Crippen LogP contribution < -0.4 is 9.47 Å². The fourth-order valence-corrected chi connectivity index (χ4v) is 2.90. The number of aromatic nitrogens is 1. The van der Waals surface area contributed by atoms with Crippen LogP contribution in [0.15, 0.2) is 42.7 Å². The van der Waals surface area contributed by atoms with E-state index in [1.165, 1.54) is 0 Å². The number of carbonyl (C=O) groups is 2. The van der Waals surface area contributed by atoms with Gasteiger partial charge >= 0.3 is 0 Å². The largest absolute Gasteiger partial charge is 0.497 e. The number of piperazine rings is 1. The van der Waals surface area contributed by atoms with Crippen LogP contribution in [0, 0.1) is 0 Å². The molecule has 0 spiro atoms. The average molecular weight is 355 g/mol. The SMILES string of the molecule is COc1cc(OC)cc(C(=O)N2CCN(C(=O)c3ccncc3)CC2)c1. The predicted molar refractivity (Wildman–Crippen MR) is 95.6 cm³/mol. The van der Waals surface area contributed by atoms with Gasteiger partial charge in [-0.15, -0.1) is 0 Å². The average Bonchev–Trinajstić information content (AvgIpc) is 2.73. The quantitative estimate of drug-likeness (QED) is 0.835. The van der Waals surface area contributed by atoms with Gasteiger partial charge < -0.3 is 19.3 Å². The summed E-state index contributed by atoms with van der Waals surface area (Å²) in [6, 6.07) is 8.51. The molecule has 7 nitrogen and oxygen atoms in total. The standard InChI is InChI=1S/C19H21N3O4/c1-25-16-11-15(12-17(13-16)26-2)19(24)22-9-7-21(8-10-22)18(23)14-3-5-20-6-4-14/h3-6,11-13H,7-10H2,1-2H3.